The Hall–Kier alpha value is -2.89. The second kappa shape index (κ2) is 20.9. The van der Waals surface area contributed by atoms with E-state index in [2.05, 4.69) is 11.9 Å². The molecule has 0 saturated heterocycles. The van der Waals surface area contributed by atoms with E-state index in [1.807, 2.05) is 13.8 Å². The first kappa shape index (κ1) is 33.3. The Morgan fingerprint density at radius 3 is 1.77 bits per heavy atom. The minimum Gasteiger partial charge on any atom is -0.494 e. The summed E-state index contributed by atoms with van der Waals surface area (Å²) in [6.07, 6.45) is 21.0. The molecule has 0 fully saturated rings. The van der Waals surface area contributed by atoms with Gasteiger partial charge in [-0.1, -0.05) is 111 Å². The highest BCUT2D eigenvalue weighted by Gasteiger charge is 2.13. The lowest BCUT2D eigenvalue weighted by molar-refractivity contribution is 0.0446. The normalized spacial score (nSPS) is 11.7. The Morgan fingerprint density at radius 1 is 0.700 bits per heavy atom. The fraction of sp³-hybridized carbons (Fsp3) is 0.618. The molecule has 1 aromatic carbocycles. The molecule has 40 heavy (non-hydrogen) atoms. The molecule has 0 saturated carbocycles. The van der Waals surface area contributed by atoms with Crippen molar-refractivity contribution in [1.82, 2.24) is 4.98 Å². The fourth-order valence-electron chi connectivity index (χ4n) is 4.31. The van der Waals surface area contributed by atoms with Crippen LogP contribution in [0.25, 0.3) is 0 Å². The first-order valence-electron chi connectivity index (χ1n) is 15.6. The summed E-state index contributed by atoms with van der Waals surface area (Å²) in [6, 6.07) is 9.97. The molecule has 1 heterocycles. The van der Waals surface area contributed by atoms with Crippen LogP contribution in [0.1, 0.15) is 138 Å². The second-order valence-corrected chi connectivity index (χ2v) is 10.9. The molecule has 2 rings (SSSR count). The fourth-order valence-corrected chi connectivity index (χ4v) is 4.31. The first-order valence-corrected chi connectivity index (χ1v) is 15.6. The Balaban J connectivity index is 1.54. The van der Waals surface area contributed by atoms with Crippen LogP contribution in [0.15, 0.2) is 42.6 Å². The third kappa shape index (κ3) is 14.5. The van der Waals surface area contributed by atoms with Crippen LogP contribution in [0.4, 0.5) is 0 Å². The van der Waals surface area contributed by atoms with Gasteiger partial charge in [0, 0.05) is 12.3 Å². The van der Waals surface area contributed by atoms with E-state index in [1.54, 1.807) is 30.3 Å². The Kier molecular flexibility index (Phi) is 17.4. The molecule has 0 aliphatic rings. The highest BCUT2D eigenvalue weighted by Crippen LogP contribution is 2.17. The van der Waals surface area contributed by atoms with Gasteiger partial charge in [-0.05, 0) is 42.7 Å². The van der Waals surface area contributed by atoms with E-state index in [4.69, 9.17) is 14.2 Å². The third-order valence-electron chi connectivity index (χ3n) is 7.22. The molecule has 0 N–H and O–H groups in total. The Bertz CT molecular complexity index is 942. The number of rotatable bonds is 22. The topological polar surface area (TPSA) is 74.7 Å². The van der Waals surface area contributed by atoms with Crippen molar-refractivity contribution in [2.75, 3.05) is 13.2 Å². The number of aromatic nitrogens is 1. The van der Waals surface area contributed by atoms with Crippen molar-refractivity contribution in [3.8, 4) is 11.6 Å². The Morgan fingerprint density at radius 2 is 1.25 bits per heavy atom. The van der Waals surface area contributed by atoms with Crippen molar-refractivity contribution < 1.29 is 23.8 Å². The average Bonchev–Trinajstić information content (AvgIpc) is 2.98. The number of carbonyl (C=O) groups is 2. The van der Waals surface area contributed by atoms with Crippen molar-refractivity contribution >= 4 is 11.9 Å². The van der Waals surface area contributed by atoms with Gasteiger partial charge < -0.3 is 14.2 Å². The van der Waals surface area contributed by atoms with Gasteiger partial charge in [0.2, 0.25) is 5.88 Å². The molecule has 1 unspecified atom stereocenters. The van der Waals surface area contributed by atoms with E-state index in [0.29, 0.717) is 30.3 Å². The van der Waals surface area contributed by atoms with Gasteiger partial charge in [0.15, 0.2) is 0 Å². The molecule has 0 spiro atoms. The smallest absolute Gasteiger partial charge is 0.344 e. The van der Waals surface area contributed by atoms with Crippen LogP contribution in [-0.4, -0.2) is 30.1 Å². The van der Waals surface area contributed by atoms with E-state index in [9.17, 15) is 9.59 Å². The predicted molar refractivity (Wildman–Crippen MR) is 161 cm³/mol. The molecular formula is C34H51NO5. The van der Waals surface area contributed by atoms with Gasteiger partial charge in [0.05, 0.1) is 24.3 Å². The number of hydrogen-bond donors (Lipinski definition) is 0. The van der Waals surface area contributed by atoms with Crippen molar-refractivity contribution in [2.45, 2.75) is 117 Å². The van der Waals surface area contributed by atoms with Crippen LogP contribution in [0, 0.1) is 5.92 Å². The van der Waals surface area contributed by atoms with Crippen molar-refractivity contribution in [1.29, 1.82) is 0 Å². The molecule has 1 aromatic heterocycles. The second-order valence-electron chi connectivity index (χ2n) is 10.9. The van der Waals surface area contributed by atoms with Gasteiger partial charge in [-0.2, -0.15) is 0 Å². The largest absolute Gasteiger partial charge is 0.494 e. The van der Waals surface area contributed by atoms with Crippen molar-refractivity contribution in [3.05, 3.63) is 53.7 Å². The molecule has 6 nitrogen and oxygen atoms in total. The maximum absolute atomic E-state index is 12.5. The van der Waals surface area contributed by atoms with E-state index in [0.717, 1.165) is 18.6 Å². The number of pyridine rings is 1. The molecule has 0 bridgehead atoms. The summed E-state index contributed by atoms with van der Waals surface area (Å²) in [6.45, 7) is 7.38. The van der Waals surface area contributed by atoms with Gasteiger partial charge in [-0.3, -0.25) is 0 Å². The van der Waals surface area contributed by atoms with Crippen LogP contribution in [-0.2, 0) is 4.74 Å². The Labute approximate surface area is 242 Å². The van der Waals surface area contributed by atoms with Gasteiger partial charge in [0.25, 0.3) is 0 Å². The standard InChI is InChI=1S/C34H51NO5/c1-4-6-7-8-9-10-11-12-13-14-15-16-17-18-25-38-31-22-19-29(20-23-31)34(37)40-32-24-21-30(26-35-32)33(36)39-27-28(3)5-2/h19-24,26,28H,4-18,25,27H2,1-3H3. The molecule has 0 aliphatic heterocycles. The molecule has 2 aromatic rings. The minimum atomic E-state index is -0.516. The first-order chi connectivity index (χ1) is 19.5. The SMILES string of the molecule is CCCCCCCCCCCCCCCCOc1ccc(C(=O)Oc2ccc(C(=O)OCC(C)CC)cn2)cc1. The number of ether oxygens (including phenoxy) is 3. The van der Waals surface area contributed by atoms with Crippen molar-refractivity contribution in [2.24, 2.45) is 5.92 Å². The number of nitrogens with zero attached hydrogens (tertiary/aromatic N) is 1. The maximum Gasteiger partial charge on any atom is 0.344 e. The van der Waals surface area contributed by atoms with Crippen molar-refractivity contribution in [3.63, 3.8) is 0 Å². The molecule has 1 atom stereocenters. The molecular weight excluding hydrogens is 502 g/mol. The zero-order valence-electron chi connectivity index (χ0n) is 25.1. The number of esters is 2. The van der Waals surface area contributed by atoms with Gasteiger partial charge >= 0.3 is 11.9 Å². The monoisotopic (exact) mass is 553 g/mol. The summed E-state index contributed by atoms with van der Waals surface area (Å²) in [5.74, 6) is 0.220. The van der Waals surface area contributed by atoms with E-state index in [-0.39, 0.29) is 5.88 Å². The van der Waals surface area contributed by atoms with Crippen LogP contribution >= 0.6 is 0 Å². The lowest BCUT2D eigenvalue weighted by Gasteiger charge is -2.10. The summed E-state index contributed by atoms with van der Waals surface area (Å²) in [5, 5.41) is 0. The number of carbonyl (C=O) groups excluding carboxylic acids is 2. The van der Waals surface area contributed by atoms with E-state index in [1.165, 1.54) is 95.7 Å². The third-order valence-corrected chi connectivity index (χ3v) is 7.22. The average molecular weight is 554 g/mol. The van der Waals surface area contributed by atoms with Crippen LogP contribution in [0.3, 0.4) is 0 Å². The molecule has 0 aliphatic carbocycles. The van der Waals surface area contributed by atoms with Gasteiger partial charge in [-0.15, -0.1) is 0 Å². The summed E-state index contributed by atoms with van der Waals surface area (Å²) < 4.78 is 16.4. The zero-order valence-corrected chi connectivity index (χ0v) is 25.1. The van der Waals surface area contributed by atoms with Crippen LogP contribution in [0.5, 0.6) is 11.6 Å². The van der Waals surface area contributed by atoms with Gasteiger partial charge in [0.1, 0.15) is 5.75 Å². The number of unbranched alkanes of at least 4 members (excludes halogenated alkanes) is 13. The summed E-state index contributed by atoms with van der Waals surface area (Å²) >= 11 is 0. The van der Waals surface area contributed by atoms with Crippen LogP contribution < -0.4 is 9.47 Å². The molecule has 6 heteroatoms. The minimum absolute atomic E-state index is 0.126. The maximum atomic E-state index is 12.5. The van der Waals surface area contributed by atoms with Crippen LogP contribution in [0.2, 0.25) is 0 Å². The summed E-state index contributed by atoms with van der Waals surface area (Å²) in [4.78, 5) is 28.6. The molecule has 0 amide bonds. The highest BCUT2D eigenvalue weighted by molar-refractivity contribution is 5.91. The number of benzene rings is 1. The molecule has 222 valence electrons. The lowest BCUT2D eigenvalue weighted by Crippen LogP contribution is -2.13. The quantitative estimate of drug-likeness (QED) is 0.107. The lowest BCUT2D eigenvalue weighted by atomic mass is 10.0. The van der Waals surface area contributed by atoms with Gasteiger partial charge in [-0.25, -0.2) is 14.6 Å². The number of hydrogen-bond acceptors (Lipinski definition) is 6. The zero-order chi connectivity index (χ0) is 28.8. The van der Waals surface area contributed by atoms with E-state index >= 15 is 0 Å². The molecule has 0 radical (unpaired) electrons. The summed E-state index contributed by atoms with van der Waals surface area (Å²) in [5.41, 5.74) is 0.728. The summed E-state index contributed by atoms with van der Waals surface area (Å²) in [7, 11) is 0. The van der Waals surface area contributed by atoms with E-state index < -0.39 is 11.9 Å². The highest BCUT2D eigenvalue weighted by atomic mass is 16.5. The predicted octanol–water partition coefficient (Wildman–Crippen LogP) is 9.36.